The highest BCUT2D eigenvalue weighted by molar-refractivity contribution is 7.18. The number of thiophene rings is 1. The zero-order valence-corrected chi connectivity index (χ0v) is 13.5. The second kappa shape index (κ2) is 6.01. The van der Waals surface area contributed by atoms with Gasteiger partial charge in [-0.2, -0.15) is 0 Å². The minimum atomic E-state index is -0.0818. The third-order valence-electron chi connectivity index (χ3n) is 3.61. The van der Waals surface area contributed by atoms with Crippen molar-refractivity contribution in [3.63, 3.8) is 0 Å². The van der Waals surface area contributed by atoms with Gasteiger partial charge in [-0.05, 0) is 32.9 Å². The first-order chi connectivity index (χ1) is 9.45. The Morgan fingerprint density at radius 3 is 2.50 bits per heavy atom. The van der Waals surface area contributed by atoms with Gasteiger partial charge < -0.3 is 20.9 Å². The minimum absolute atomic E-state index is 0.0818. The number of likely N-dealkylation sites (N-methyl/N-ethyl adjacent to an activating group) is 2. The predicted molar refractivity (Wildman–Crippen MR) is 85.9 cm³/mol. The van der Waals surface area contributed by atoms with Crippen molar-refractivity contribution in [1.82, 2.24) is 10.2 Å². The lowest BCUT2D eigenvalue weighted by Gasteiger charge is -2.21. The Morgan fingerprint density at radius 1 is 1.35 bits per heavy atom. The van der Waals surface area contributed by atoms with E-state index >= 15 is 0 Å². The Balaban J connectivity index is 2.28. The highest BCUT2D eigenvalue weighted by Crippen LogP contribution is 2.51. The van der Waals surface area contributed by atoms with Gasteiger partial charge in [-0.15, -0.1) is 11.3 Å². The number of amides is 1. The second-order valence-electron chi connectivity index (χ2n) is 5.64. The smallest absolute Gasteiger partial charge is 0.263 e. The molecule has 0 radical (unpaired) electrons. The Labute approximate surface area is 124 Å². The summed E-state index contributed by atoms with van der Waals surface area (Å²) >= 11 is 1.52. The van der Waals surface area contributed by atoms with Crippen LogP contribution in [-0.4, -0.2) is 52.1 Å². The molecule has 1 aromatic rings. The third-order valence-corrected chi connectivity index (χ3v) is 4.95. The standard InChI is InChI=1S/C14H24N4OS/c1-16-13(19)12-11(15)10(9-5-6-9)14(20-12)18(4)8-7-17(2)3/h9H,5-8,15H2,1-4H3,(H,16,19). The molecule has 0 atom stereocenters. The summed E-state index contributed by atoms with van der Waals surface area (Å²) in [5.74, 6) is 0.461. The van der Waals surface area contributed by atoms with Gasteiger partial charge in [-0.25, -0.2) is 0 Å². The van der Waals surface area contributed by atoms with Gasteiger partial charge in [-0.1, -0.05) is 0 Å². The zero-order chi connectivity index (χ0) is 14.9. The molecular formula is C14H24N4OS. The predicted octanol–water partition coefficient (Wildman–Crippen LogP) is 1.57. The first kappa shape index (κ1) is 15.1. The van der Waals surface area contributed by atoms with Gasteiger partial charge >= 0.3 is 0 Å². The zero-order valence-electron chi connectivity index (χ0n) is 12.7. The lowest BCUT2D eigenvalue weighted by atomic mass is 10.1. The van der Waals surface area contributed by atoms with Crippen molar-refractivity contribution in [3.05, 3.63) is 10.4 Å². The van der Waals surface area contributed by atoms with E-state index < -0.39 is 0 Å². The lowest BCUT2D eigenvalue weighted by Crippen LogP contribution is -2.28. The van der Waals surface area contributed by atoms with Gasteiger partial charge in [-0.3, -0.25) is 4.79 Å². The van der Waals surface area contributed by atoms with Crippen molar-refractivity contribution in [2.24, 2.45) is 0 Å². The molecule has 0 bridgehead atoms. The number of carbonyl (C=O) groups excluding carboxylic acids is 1. The van der Waals surface area contributed by atoms with E-state index in [9.17, 15) is 4.79 Å². The largest absolute Gasteiger partial charge is 0.397 e. The molecule has 1 aliphatic carbocycles. The van der Waals surface area contributed by atoms with Crippen LogP contribution in [-0.2, 0) is 0 Å². The van der Waals surface area contributed by atoms with Crippen LogP contribution in [0.3, 0.4) is 0 Å². The van der Waals surface area contributed by atoms with Gasteiger partial charge in [0.15, 0.2) is 0 Å². The van der Waals surface area contributed by atoms with Crippen molar-refractivity contribution in [2.75, 3.05) is 51.9 Å². The molecule has 0 aliphatic heterocycles. The Bertz CT molecular complexity index is 494. The van der Waals surface area contributed by atoms with E-state index in [4.69, 9.17) is 5.73 Å². The Morgan fingerprint density at radius 2 is 2.00 bits per heavy atom. The van der Waals surface area contributed by atoms with Gasteiger partial charge in [0.1, 0.15) is 4.88 Å². The third kappa shape index (κ3) is 3.07. The highest BCUT2D eigenvalue weighted by atomic mass is 32.1. The van der Waals surface area contributed by atoms with Crippen molar-refractivity contribution in [1.29, 1.82) is 0 Å². The molecule has 2 rings (SSSR count). The SMILES string of the molecule is CNC(=O)c1sc(N(C)CCN(C)C)c(C2CC2)c1N. The summed E-state index contributed by atoms with van der Waals surface area (Å²) in [4.78, 5) is 17.0. The van der Waals surface area contributed by atoms with Crippen LogP contribution in [0.4, 0.5) is 10.7 Å². The number of nitrogen functional groups attached to an aromatic ring is 1. The molecule has 1 saturated carbocycles. The summed E-state index contributed by atoms with van der Waals surface area (Å²) in [5.41, 5.74) is 8.10. The van der Waals surface area contributed by atoms with Gasteiger partial charge in [0.25, 0.3) is 5.91 Å². The molecule has 3 N–H and O–H groups in total. The number of carbonyl (C=O) groups is 1. The first-order valence-electron chi connectivity index (χ1n) is 6.95. The molecule has 0 aromatic carbocycles. The van der Waals surface area contributed by atoms with Crippen LogP contribution in [0.5, 0.6) is 0 Å². The topological polar surface area (TPSA) is 61.6 Å². The summed E-state index contributed by atoms with van der Waals surface area (Å²) in [5, 5.41) is 3.83. The summed E-state index contributed by atoms with van der Waals surface area (Å²) in [6, 6.07) is 0. The summed E-state index contributed by atoms with van der Waals surface area (Å²) in [7, 11) is 7.85. The average molecular weight is 296 g/mol. The van der Waals surface area contributed by atoms with Gasteiger partial charge in [0.2, 0.25) is 0 Å². The number of nitrogens with two attached hydrogens (primary N) is 1. The maximum Gasteiger partial charge on any atom is 0.263 e. The molecular weight excluding hydrogens is 272 g/mol. The normalized spacial score (nSPS) is 14.7. The van der Waals surface area contributed by atoms with E-state index in [-0.39, 0.29) is 5.91 Å². The van der Waals surface area contributed by atoms with Crippen molar-refractivity contribution in [3.8, 4) is 0 Å². The maximum atomic E-state index is 11.9. The average Bonchev–Trinajstić information content (AvgIpc) is 3.18. The van der Waals surface area contributed by atoms with E-state index in [0.29, 0.717) is 16.5 Å². The molecule has 6 heteroatoms. The second-order valence-corrected chi connectivity index (χ2v) is 6.64. The number of nitrogens with one attached hydrogen (secondary N) is 1. The summed E-state index contributed by atoms with van der Waals surface area (Å²) < 4.78 is 0. The molecule has 1 heterocycles. The van der Waals surface area contributed by atoms with Gasteiger partial charge in [0, 0.05) is 32.7 Å². The fraction of sp³-hybridized carbons (Fsp3) is 0.643. The minimum Gasteiger partial charge on any atom is -0.397 e. The molecule has 0 saturated heterocycles. The molecule has 0 unspecified atom stereocenters. The van der Waals surface area contributed by atoms with Crippen molar-refractivity contribution < 1.29 is 4.79 Å². The number of nitrogens with zero attached hydrogens (tertiary/aromatic N) is 2. The molecule has 112 valence electrons. The first-order valence-corrected chi connectivity index (χ1v) is 7.77. The molecule has 0 spiro atoms. The quantitative estimate of drug-likeness (QED) is 0.836. The fourth-order valence-corrected chi connectivity index (χ4v) is 3.47. The molecule has 20 heavy (non-hydrogen) atoms. The van der Waals surface area contributed by atoms with E-state index in [1.807, 2.05) is 0 Å². The molecule has 1 aromatic heterocycles. The number of rotatable bonds is 6. The van der Waals surface area contributed by atoms with E-state index in [1.54, 1.807) is 7.05 Å². The highest BCUT2D eigenvalue weighted by Gasteiger charge is 2.33. The maximum absolute atomic E-state index is 11.9. The van der Waals surface area contributed by atoms with Crippen LogP contribution >= 0.6 is 11.3 Å². The van der Waals surface area contributed by atoms with Crippen molar-refractivity contribution >= 4 is 27.9 Å². The van der Waals surface area contributed by atoms with E-state index in [0.717, 1.165) is 18.1 Å². The van der Waals surface area contributed by atoms with Crippen LogP contribution in [0.25, 0.3) is 0 Å². The van der Waals surface area contributed by atoms with Crippen LogP contribution in [0, 0.1) is 0 Å². The van der Waals surface area contributed by atoms with E-state index in [1.165, 1.54) is 29.7 Å². The molecule has 1 aliphatic rings. The van der Waals surface area contributed by atoms with Crippen LogP contribution in [0.1, 0.15) is 34.0 Å². The van der Waals surface area contributed by atoms with Crippen LogP contribution in [0.2, 0.25) is 0 Å². The summed E-state index contributed by atoms with van der Waals surface area (Å²) in [6.07, 6.45) is 2.37. The van der Waals surface area contributed by atoms with E-state index in [2.05, 4.69) is 36.3 Å². The fourth-order valence-electron chi connectivity index (χ4n) is 2.23. The molecule has 1 fully saturated rings. The number of hydrogen-bond acceptors (Lipinski definition) is 5. The lowest BCUT2D eigenvalue weighted by molar-refractivity contribution is 0.0968. The van der Waals surface area contributed by atoms with Gasteiger partial charge in [0.05, 0.1) is 10.7 Å². The molecule has 1 amide bonds. The van der Waals surface area contributed by atoms with Crippen LogP contribution < -0.4 is 16.0 Å². The summed E-state index contributed by atoms with van der Waals surface area (Å²) in [6.45, 7) is 1.91. The van der Waals surface area contributed by atoms with Crippen molar-refractivity contribution in [2.45, 2.75) is 18.8 Å². The van der Waals surface area contributed by atoms with Crippen LogP contribution in [0.15, 0.2) is 0 Å². The number of anilines is 2. The monoisotopic (exact) mass is 296 g/mol. The Kier molecular flexibility index (Phi) is 4.55. The number of hydrogen-bond donors (Lipinski definition) is 2. The Hall–Kier alpha value is -1.27. The molecule has 5 nitrogen and oxygen atoms in total.